The number of imidazole rings is 1. The topological polar surface area (TPSA) is 166 Å². The number of carbonyl (C=O) groups is 3. The number of carbonyl (C=O) groups excluding carboxylic acids is 3. The summed E-state index contributed by atoms with van der Waals surface area (Å²) in [6.07, 6.45) is 8.23. The molecule has 4 aromatic rings. The Morgan fingerprint density at radius 1 is 1.12 bits per heavy atom. The summed E-state index contributed by atoms with van der Waals surface area (Å²) in [5, 5.41) is 8.73. The van der Waals surface area contributed by atoms with Gasteiger partial charge in [-0.2, -0.15) is 4.98 Å². The first kappa shape index (κ1) is 25.2. The number of nitrogens with one attached hydrogen (secondary N) is 4. The summed E-state index contributed by atoms with van der Waals surface area (Å²) < 4.78 is 1.85. The first-order valence-corrected chi connectivity index (χ1v) is 13.6. The molecule has 41 heavy (non-hydrogen) atoms. The van der Waals surface area contributed by atoms with E-state index in [4.69, 9.17) is 11.6 Å². The van der Waals surface area contributed by atoms with Crippen LogP contribution in [0.3, 0.4) is 0 Å². The highest BCUT2D eigenvalue weighted by molar-refractivity contribution is 6.30. The molecule has 7 rings (SSSR count). The molecule has 0 bridgehead atoms. The van der Waals surface area contributed by atoms with E-state index in [1.165, 1.54) is 4.90 Å². The number of aromatic nitrogens is 5. The zero-order valence-electron chi connectivity index (χ0n) is 21.6. The molecule has 208 valence electrons. The molecule has 4 amide bonds. The predicted molar refractivity (Wildman–Crippen MR) is 149 cm³/mol. The Labute approximate surface area is 237 Å². The summed E-state index contributed by atoms with van der Waals surface area (Å²) in [4.78, 5) is 66.2. The van der Waals surface area contributed by atoms with Crippen LogP contribution in [-0.4, -0.2) is 48.7 Å². The SMILES string of the molecule is O=C1CN(c2cc(C3CC3)cn3cc(CNc4cc(NC(=O)[C@H]5CC5c5cc(Cl)ccn5)[nH]c(=O)n4)nc23)C(=O)N1. The highest BCUT2D eigenvalue weighted by Gasteiger charge is 2.45. The number of urea groups is 1. The third-order valence-corrected chi connectivity index (χ3v) is 7.67. The Hall–Kier alpha value is -4.78. The van der Waals surface area contributed by atoms with Crippen LogP contribution in [0.4, 0.5) is 22.1 Å². The third-order valence-electron chi connectivity index (χ3n) is 7.44. The normalized spacial score (nSPS) is 19.9. The van der Waals surface area contributed by atoms with E-state index in [0.717, 1.165) is 24.1 Å². The van der Waals surface area contributed by atoms with E-state index in [0.29, 0.717) is 34.4 Å². The van der Waals surface area contributed by atoms with Crippen LogP contribution in [0.15, 0.2) is 47.7 Å². The van der Waals surface area contributed by atoms with E-state index in [2.05, 4.69) is 35.9 Å². The molecule has 2 saturated carbocycles. The zero-order chi connectivity index (χ0) is 28.2. The Morgan fingerprint density at radius 3 is 2.73 bits per heavy atom. The fourth-order valence-corrected chi connectivity index (χ4v) is 5.34. The van der Waals surface area contributed by atoms with Gasteiger partial charge in [0.25, 0.3) is 0 Å². The minimum absolute atomic E-state index is 0.0232. The number of fused-ring (bicyclic) bond motifs is 1. The van der Waals surface area contributed by atoms with Gasteiger partial charge in [-0.1, -0.05) is 11.6 Å². The van der Waals surface area contributed by atoms with Gasteiger partial charge in [-0.25, -0.2) is 14.6 Å². The molecule has 4 N–H and O–H groups in total. The number of hydrogen-bond acceptors (Lipinski definition) is 8. The van der Waals surface area contributed by atoms with E-state index < -0.39 is 11.7 Å². The van der Waals surface area contributed by atoms with Gasteiger partial charge in [-0.05, 0) is 48.9 Å². The average molecular weight is 574 g/mol. The molecule has 3 fully saturated rings. The van der Waals surface area contributed by atoms with Crippen LogP contribution in [0.5, 0.6) is 0 Å². The lowest BCUT2D eigenvalue weighted by atomic mass is 10.1. The van der Waals surface area contributed by atoms with Gasteiger partial charge < -0.3 is 15.0 Å². The number of H-pyrrole nitrogens is 1. The first-order valence-electron chi connectivity index (χ1n) is 13.2. The van der Waals surface area contributed by atoms with Gasteiger partial charge in [-0.15, -0.1) is 0 Å². The summed E-state index contributed by atoms with van der Waals surface area (Å²) in [5.74, 6) is 0.0183. The van der Waals surface area contributed by atoms with Crippen LogP contribution < -0.4 is 26.5 Å². The van der Waals surface area contributed by atoms with Gasteiger partial charge in [0.1, 0.15) is 18.2 Å². The van der Waals surface area contributed by atoms with Crippen LogP contribution >= 0.6 is 11.6 Å². The van der Waals surface area contributed by atoms with Crippen molar-refractivity contribution < 1.29 is 14.4 Å². The van der Waals surface area contributed by atoms with Crippen LogP contribution in [0.2, 0.25) is 5.02 Å². The number of hydrogen-bond donors (Lipinski definition) is 4. The molecule has 2 aliphatic carbocycles. The van der Waals surface area contributed by atoms with Crippen molar-refractivity contribution in [3.8, 4) is 0 Å². The minimum atomic E-state index is -0.620. The minimum Gasteiger partial charge on any atom is -0.364 e. The first-order chi connectivity index (χ1) is 19.8. The molecular formula is C27H24ClN9O4. The van der Waals surface area contributed by atoms with Crippen molar-refractivity contribution in [2.24, 2.45) is 5.92 Å². The van der Waals surface area contributed by atoms with E-state index in [-0.39, 0.29) is 48.4 Å². The Morgan fingerprint density at radius 2 is 1.98 bits per heavy atom. The van der Waals surface area contributed by atoms with Crippen molar-refractivity contribution in [1.29, 1.82) is 0 Å². The van der Waals surface area contributed by atoms with Crippen molar-refractivity contribution >= 4 is 52.4 Å². The molecule has 13 nitrogen and oxygen atoms in total. The zero-order valence-corrected chi connectivity index (χ0v) is 22.3. The Bertz CT molecular complexity index is 1800. The van der Waals surface area contributed by atoms with Crippen LogP contribution in [0.1, 0.15) is 48.0 Å². The van der Waals surface area contributed by atoms with E-state index in [1.807, 2.05) is 22.9 Å². The standard InChI is InChI=1S/C27H24ClN9O4/c28-15-3-4-29-19(6-15)17-7-18(17)25(39)32-22-8-21(33-26(40)34-22)30-9-16-11-36-10-14(13-1-2-13)5-20(24(36)31-16)37-12-23(38)35-27(37)41/h3-6,8,10-11,13,17-18H,1-2,7,9,12H2,(H,35,38,41)(H3,30,32,33,34,39,40)/t17?,18-/m0/s1. The van der Waals surface area contributed by atoms with E-state index in [1.54, 1.807) is 24.4 Å². The number of halogens is 1. The van der Waals surface area contributed by atoms with Crippen LogP contribution in [0.25, 0.3) is 5.65 Å². The van der Waals surface area contributed by atoms with Crippen molar-refractivity contribution in [2.45, 2.75) is 37.6 Å². The Balaban J connectivity index is 1.07. The number of pyridine rings is 2. The van der Waals surface area contributed by atoms with Gasteiger partial charge in [0.15, 0.2) is 5.65 Å². The average Bonchev–Trinajstić information content (AvgIpc) is 3.85. The quantitative estimate of drug-likeness (QED) is 0.233. The van der Waals surface area contributed by atoms with Crippen molar-refractivity contribution in [3.63, 3.8) is 0 Å². The number of anilines is 3. The fourth-order valence-electron chi connectivity index (χ4n) is 5.17. The predicted octanol–water partition coefficient (Wildman–Crippen LogP) is 2.75. The number of aromatic amines is 1. The smallest absolute Gasteiger partial charge is 0.348 e. The second kappa shape index (κ2) is 9.70. The summed E-state index contributed by atoms with van der Waals surface area (Å²) in [6.45, 7) is 0.158. The summed E-state index contributed by atoms with van der Waals surface area (Å²) in [5.41, 5.74) is 2.96. The lowest BCUT2D eigenvalue weighted by molar-refractivity contribution is -0.118. The van der Waals surface area contributed by atoms with Gasteiger partial charge >= 0.3 is 11.7 Å². The highest BCUT2D eigenvalue weighted by atomic mass is 35.5. The van der Waals surface area contributed by atoms with Crippen molar-refractivity contribution in [3.05, 3.63) is 75.3 Å². The second-order valence-corrected chi connectivity index (χ2v) is 10.9. The van der Waals surface area contributed by atoms with Crippen molar-refractivity contribution in [1.82, 2.24) is 29.7 Å². The number of rotatable bonds is 8. The third kappa shape index (κ3) is 5.11. The summed E-state index contributed by atoms with van der Waals surface area (Å²) >= 11 is 6.05. The van der Waals surface area contributed by atoms with Gasteiger partial charge in [-0.3, -0.25) is 29.8 Å². The highest BCUT2D eigenvalue weighted by Crippen LogP contribution is 2.47. The second-order valence-electron chi connectivity index (χ2n) is 10.5. The van der Waals surface area contributed by atoms with Crippen LogP contribution in [-0.2, 0) is 16.1 Å². The molecule has 1 unspecified atom stereocenters. The van der Waals surface area contributed by atoms with E-state index >= 15 is 0 Å². The molecule has 0 spiro atoms. The maximum Gasteiger partial charge on any atom is 0.348 e. The van der Waals surface area contributed by atoms with E-state index in [9.17, 15) is 19.2 Å². The maximum atomic E-state index is 12.8. The monoisotopic (exact) mass is 573 g/mol. The fraction of sp³-hybridized carbons (Fsp3) is 0.296. The molecule has 1 saturated heterocycles. The molecule has 0 radical (unpaired) electrons. The lowest BCUT2D eigenvalue weighted by Gasteiger charge is -2.15. The van der Waals surface area contributed by atoms with Crippen molar-refractivity contribution in [2.75, 3.05) is 22.1 Å². The molecular weight excluding hydrogens is 550 g/mol. The molecule has 5 heterocycles. The Kier molecular flexibility index (Phi) is 5.96. The number of nitrogens with zero attached hydrogens (tertiary/aromatic N) is 5. The maximum absolute atomic E-state index is 12.8. The van der Waals surface area contributed by atoms with Gasteiger partial charge in [0.05, 0.1) is 17.9 Å². The molecule has 0 aromatic carbocycles. The lowest BCUT2D eigenvalue weighted by Crippen LogP contribution is -2.28. The number of imide groups is 1. The van der Waals surface area contributed by atoms with Crippen LogP contribution in [0, 0.1) is 5.92 Å². The largest absolute Gasteiger partial charge is 0.364 e. The molecule has 2 atom stereocenters. The van der Waals surface area contributed by atoms with Gasteiger partial charge in [0.2, 0.25) is 11.8 Å². The van der Waals surface area contributed by atoms with Gasteiger partial charge in [0, 0.05) is 47.2 Å². The molecule has 4 aromatic heterocycles. The molecule has 1 aliphatic heterocycles. The number of amides is 4. The molecule has 14 heteroatoms. The summed E-state index contributed by atoms with van der Waals surface area (Å²) in [6, 6.07) is 6.43. The molecule has 3 aliphatic rings. The summed E-state index contributed by atoms with van der Waals surface area (Å²) in [7, 11) is 0.